The molecular weight excluding hydrogens is 292 g/mol. The molecule has 94 valence electrons. The van der Waals surface area contributed by atoms with E-state index in [2.05, 4.69) is 21.2 Å². The Hall–Kier alpha value is -1.34. The lowest BCUT2D eigenvalue weighted by Gasteiger charge is -2.06. The summed E-state index contributed by atoms with van der Waals surface area (Å²) in [5, 5.41) is 11.4. The number of carboxylic acids is 1. The van der Waals surface area contributed by atoms with Gasteiger partial charge in [0.05, 0.1) is 16.8 Å². The predicted molar refractivity (Wildman–Crippen MR) is 64.0 cm³/mol. The van der Waals surface area contributed by atoms with Gasteiger partial charge in [-0.05, 0) is 22.0 Å². The molecule has 0 aliphatic carbocycles. The minimum Gasteiger partial charge on any atom is -0.478 e. The van der Waals surface area contributed by atoms with Crippen molar-refractivity contribution in [3.05, 3.63) is 22.4 Å². The number of hydrogen-bond acceptors (Lipinski definition) is 3. The molecule has 1 heterocycles. The molecular formula is C10H13BrN2O4. The molecule has 0 fully saturated rings. The summed E-state index contributed by atoms with van der Waals surface area (Å²) in [4.78, 5) is 22.2. The summed E-state index contributed by atoms with van der Waals surface area (Å²) < 4.78 is 6.87. The summed E-state index contributed by atoms with van der Waals surface area (Å²) in [7, 11) is 1.55. The molecule has 1 aromatic heterocycles. The van der Waals surface area contributed by atoms with Gasteiger partial charge in [0, 0.05) is 19.9 Å². The highest BCUT2D eigenvalue weighted by Gasteiger charge is 2.11. The Kier molecular flexibility index (Phi) is 5.17. The van der Waals surface area contributed by atoms with Crippen molar-refractivity contribution in [3.63, 3.8) is 0 Å². The molecule has 0 aliphatic heterocycles. The zero-order chi connectivity index (χ0) is 12.8. The van der Waals surface area contributed by atoms with Crippen molar-refractivity contribution < 1.29 is 19.4 Å². The van der Waals surface area contributed by atoms with Crippen molar-refractivity contribution in [2.75, 3.05) is 20.3 Å². The van der Waals surface area contributed by atoms with E-state index < -0.39 is 5.97 Å². The second-order valence-electron chi connectivity index (χ2n) is 3.33. The number of ether oxygens (including phenoxy) is 1. The number of hydrogen-bond donors (Lipinski definition) is 2. The highest BCUT2D eigenvalue weighted by Crippen LogP contribution is 2.15. The second-order valence-corrected chi connectivity index (χ2v) is 4.14. The molecule has 0 aliphatic rings. The number of halogens is 1. The van der Waals surface area contributed by atoms with Crippen LogP contribution in [-0.2, 0) is 16.1 Å². The summed E-state index contributed by atoms with van der Waals surface area (Å²) in [6.07, 6.45) is 1.41. The van der Waals surface area contributed by atoms with E-state index >= 15 is 0 Å². The van der Waals surface area contributed by atoms with E-state index in [0.717, 1.165) is 0 Å². The van der Waals surface area contributed by atoms with Crippen LogP contribution in [0.4, 0.5) is 0 Å². The molecule has 0 atom stereocenters. The Morgan fingerprint density at radius 3 is 2.82 bits per heavy atom. The maximum atomic E-state index is 11.5. The van der Waals surface area contributed by atoms with E-state index in [4.69, 9.17) is 9.84 Å². The van der Waals surface area contributed by atoms with Gasteiger partial charge in [-0.15, -0.1) is 0 Å². The maximum absolute atomic E-state index is 11.5. The molecule has 1 rings (SSSR count). The van der Waals surface area contributed by atoms with Crippen molar-refractivity contribution in [3.8, 4) is 0 Å². The average Bonchev–Trinajstić information content (AvgIpc) is 2.61. The second kappa shape index (κ2) is 6.41. The van der Waals surface area contributed by atoms with E-state index in [9.17, 15) is 9.59 Å². The van der Waals surface area contributed by atoms with E-state index in [1.54, 1.807) is 7.11 Å². The van der Waals surface area contributed by atoms with Crippen LogP contribution < -0.4 is 5.32 Å². The summed E-state index contributed by atoms with van der Waals surface area (Å²) in [5.74, 6) is -1.22. The van der Waals surface area contributed by atoms with Crippen LogP contribution in [0, 0.1) is 0 Å². The normalized spacial score (nSPS) is 10.2. The molecule has 0 bridgehead atoms. The molecule has 1 aromatic rings. The van der Waals surface area contributed by atoms with Gasteiger partial charge >= 0.3 is 5.97 Å². The van der Waals surface area contributed by atoms with Crippen LogP contribution in [0.2, 0.25) is 0 Å². The highest BCUT2D eigenvalue weighted by molar-refractivity contribution is 9.10. The summed E-state index contributed by atoms with van der Waals surface area (Å²) in [6, 6.07) is 1.45. The molecule has 2 N–H and O–H groups in total. The third-order valence-corrected chi connectivity index (χ3v) is 2.72. The van der Waals surface area contributed by atoms with Crippen LogP contribution in [0.5, 0.6) is 0 Å². The van der Waals surface area contributed by atoms with E-state index in [1.165, 1.54) is 16.8 Å². The Balaban J connectivity index is 2.56. The van der Waals surface area contributed by atoms with Crippen molar-refractivity contribution >= 4 is 27.8 Å². The first kappa shape index (κ1) is 13.7. The molecule has 0 unspecified atom stereocenters. The maximum Gasteiger partial charge on any atom is 0.337 e. The van der Waals surface area contributed by atoms with Crippen LogP contribution in [0.25, 0.3) is 0 Å². The quantitative estimate of drug-likeness (QED) is 0.759. The molecule has 17 heavy (non-hydrogen) atoms. The zero-order valence-corrected chi connectivity index (χ0v) is 10.9. The number of carboxylic acid groups (broad SMARTS) is 1. The first-order valence-corrected chi connectivity index (χ1v) is 5.68. The number of aromatic carboxylic acids is 1. The molecule has 7 heteroatoms. The summed E-state index contributed by atoms with van der Waals surface area (Å²) >= 11 is 3.19. The first-order chi connectivity index (χ1) is 8.04. The third kappa shape index (κ3) is 4.20. The molecule has 0 spiro atoms. The summed E-state index contributed by atoms with van der Waals surface area (Å²) in [6.45, 7) is 0.941. The molecule has 0 aromatic carbocycles. The number of amides is 1. The fourth-order valence-electron chi connectivity index (χ4n) is 1.22. The van der Waals surface area contributed by atoms with Crippen LogP contribution in [0.1, 0.15) is 10.4 Å². The monoisotopic (exact) mass is 304 g/mol. The Labute approximate surface area is 107 Å². The predicted octanol–water partition coefficient (Wildman–Crippen LogP) is 0.711. The van der Waals surface area contributed by atoms with E-state index in [1.807, 2.05) is 0 Å². The number of carbonyl (C=O) groups excluding carboxylic acids is 1. The van der Waals surface area contributed by atoms with Gasteiger partial charge in [0.15, 0.2) is 0 Å². The van der Waals surface area contributed by atoms with Crippen molar-refractivity contribution in [2.24, 2.45) is 0 Å². The highest BCUT2D eigenvalue weighted by atomic mass is 79.9. The van der Waals surface area contributed by atoms with Crippen LogP contribution in [-0.4, -0.2) is 41.8 Å². The van der Waals surface area contributed by atoms with Gasteiger partial charge in [-0.1, -0.05) is 0 Å². The van der Waals surface area contributed by atoms with Crippen molar-refractivity contribution in [1.29, 1.82) is 0 Å². The third-order valence-electron chi connectivity index (χ3n) is 2.03. The molecule has 0 radical (unpaired) electrons. The van der Waals surface area contributed by atoms with Gasteiger partial charge < -0.3 is 19.7 Å². The lowest BCUT2D eigenvalue weighted by atomic mass is 10.4. The molecule has 0 saturated heterocycles. The van der Waals surface area contributed by atoms with Gasteiger partial charge in [0.25, 0.3) is 0 Å². The molecule has 6 nitrogen and oxygen atoms in total. The Morgan fingerprint density at radius 1 is 1.59 bits per heavy atom. The topological polar surface area (TPSA) is 80.6 Å². The van der Waals surface area contributed by atoms with Crippen LogP contribution in [0.3, 0.4) is 0 Å². The standard InChI is InChI=1S/C10H13BrN2O4/c1-17-3-2-12-9(14)6-13-5-7(10(15)16)4-8(13)11/h4-5H,2-3,6H2,1H3,(H,12,14)(H,15,16). The molecule has 1 amide bonds. The number of aromatic nitrogens is 1. The largest absolute Gasteiger partial charge is 0.478 e. The lowest BCUT2D eigenvalue weighted by Crippen LogP contribution is -2.30. The van der Waals surface area contributed by atoms with Crippen molar-refractivity contribution in [2.45, 2.75) is 6.54 Å². The smallest absolute Gasteiger partial charge is 0.337 e. The fraction of sp³-hybridized carbons (Fsp3) is 0.400. The number of nitrogens with one attached hydrogen (secondary N) is 1. The minimum atomic E-state index is -1.02. The van der Waals surface area contributed by atoms with Gasteiger partial charge in [0.1, 0.15) is 6.54 Å². The average molecular weight is 305 g/mol. The number of methoxy groups -OCH3 is 1. The van der Waals surface area contributed by atoms with Gasteiger partial charge in [-0.25, -0.2) is 4.79 Å². The zero-order valence-electron chi connectivity index (χ0n) is 9.27. The molecule has 0 saturated carbocycles. The Morgan fingerprint density at radius 2 is 2.29 bits per heavy atom. The van der Waals surface area contributed by atoms with Gasteiger partial charge in [-0.2, -0.15) is 0 Å². The van der Waals surface area contributed by atoms with E-state index in [0.29, 0.717) is 17.8 Å². The Bertz CT molecular complexity index is 416. The van der Waals surface area contributed by atoms with Crippen molar-refractivity contribution in [1.82, 2.24) is 9.88 Å². The number of carbonyl (C=O) groups is 2. The van der Waals surface area contributed by atoms with Gasteiger partial charge in [0.2, 0.25) is 5.91 Å². The number of nitrogens with zero attached hydrogens (tertiary/aromatic N) is 1. The van der Waals surface area contributed by atoms with Crippen LogP contribution >= 0.6 is 15.9 Å². The fourth-order valence-corrected chi connectivity index (χ4v) is 1.69. The van der Waals surface area contributed by atoms with E-state index in [-0.39, 0.29) is 18.0 Å². The number of rotatable bonds is 6. The minimum absolute atomic E-state index is 0.0670. The van der Waals surface area contributed by atoms with Gasteiger partial charge in [-0.3, -0.25) is 4.79 Å². The lowest BCUT2D eigenvalue weighted by molar-refractivity contribution is -0.121. The summed E-state index contributed by atoms with van der Waals surface area (Å²) in [5.41, 5.74) is 0.140. The van der Waals surface area contributed by atoms with Crippen LogP contribution in [0.15, 0.2) is 16.9 Å². The first-order valence-electron chi connectivity index (χ1n) is 4.89. The SMILES string of the molecule is COCCNC(=O)Cn1cc(C(=O)O)cc1Br.